The lowest BCUT2D eigenvalue weighted by Gasteiger charge is -2.21. The van der Waals surface area contributed by atoms with Crippen molar-refractivity contribution in [3.05, 3.63) is 48.7 Å². The predicted molar refractivity (Wildman–Crippen MR) is 93.6 cm³/mol. The third-order valence-corrected chi connectivity index (χ3v) is 5.18. The lowest BCUT2D eigenvalue weighted by molar-refractivity contribution is 0.475. The van der Waals surface area contributed by atoms with E-state index < -0.39 is 0 Å². The Labute approximate surface area is 145 Å². The lowest BCUT2D eigenvalue weighted by Crippen LogP contribution is -2.31. The Hall–Kier alpha value is -0.150. The van der Waals surface area contributed by atoms with Crippen molar-refractivity contribution in [2.45, 2.75) is 25.9 Å². The van der Waals surface area contributed by atoms with Crippen LogP contribution in [-0.2, 0) is 0 Å². The summed E-state index contributed by atoms with van der Waals surface area (Å²) in [6.45, 7) is 4.16. The Morgan fingerprint density at radius 2 is 2.15 bits per heavy atom. The van der Waals surface area contributed by atoms with Gasteiger partial charge in [0.15, 0.2) is 0 Å². The van der Waals surface area contributed by atoms with E-state index in [2.05, 4.69) is 62.9 Å². The van der Waals surface area contributed by atoms with Crippen LogP contribution in [-0.4, -0.2) is 9.78 Å². The quantitative estimate of drug-likeness (QED) is 0.404. The first-order valence-corrected chi connectivity index (χ1v) is 8.34. The maximum absolute atomic E-state index is 6.21. The minimum Gasteiger partial charge on any atom is -0.271 e. The number of aromatic nitrogens is 2. The van der Waals surface area contributed by atoms with Gasteiger partial charge in [-0.15, -0.1) is 0 Å². The second kappa shape index (κ2) is 6.74. The van der Waals surface area contributed by atoms with Crippen molar-refractivity contribution in [1.82, 2.24) is 15.2 Å². The Morgan fingerprint density at radius 3 is 2.70 bits per heavy atom. The molecule has 1 aromatic heterocycles. The number of nitrogens with two attached hydrogens (primary N) is 1. The highest BCUT2D eigenvalue weighted by Crippen LogP contribution is 2.32. The van der Waals surface area contributed by atoms with E-state index >= 15 is 0 Å². The number of nitrogens with one attached hydrogen (secondary N) is 1. The third kappa shape index (κ3) is 3.19. The average Bonchev–Trinajstić information content (AvgIpc) is 2.77. The molecule has 0 aliphatic heterocycles. The van der Waals surface area contributed by atoms with Gasteiger partial charge in [0.1, 0.15) is 0 Å². The molecule has 0 saturated heterocycles. The molecule has 20 heavy (non-hydrogen) atoms. The molecule has 2 rings (SSSR count). The van der Waals surface area contributed by atoms with Gasteiger partial charge in [-0.3, -0.25) is 10.5 Å². The fraction of sp³-hybridized carbons (Fsp3) is 0.308. The Bertz CT molecular complexity index is 614. The Kier molecular flexibility index (Phi) is 5.47. The molecule has 108 valence electrons. The van der Waals surface area contributed by atoms with Gasteiger partial charge in [-0.2, -0.15) is 5.10 Å². The van der Waals surface area contributed by atoms with Crippen LogP contribution in [0.2, 0.25) is 5.02 Å². The standard InChI is InChI=1S/C13H15BrClIN4/c1-7(2)20-13(9(14)6-18-20)12(19-17)8-3-4-11(16)10(15)5-8/h3-7,12,19H,17H2,1-2H3. The second-order valence-electron chi connectivity index (χ2n) is 4.69. The highest BCUT2D eigenvalue weighted by atomic mass is 127. The van der Waals surface area contributed by atoms with Gasteiger partial charge in [0.2, 0.25) is 0 Å². The smallest absolute Gasteiger partial charge is 0.0890 e. The highest BCUT2D eigenvalue weighted by Gasteiger charge is 2.22. The van der Waals surface area contributed by atoms with Crippen LogP contribution in [0.4, 0.5) is 0 Å². The Morgan fingerprint density at radius 1 is 1.45 bits per heavy atom. The summed E-state index contributed by atoms with van der Waals surface area (Å²) in [6, 6.07) is 5.99. The molecule has 3 N–H and O–H groups in total. The van der Waals surface area contributed by atoms with E-state index in [0.717, 1.165) is 24.3 Å². The van der Waals surface area contributed by atoms with Gasteiger partial charge < -0.3 is 0 Å². The normalized spacial score (nSPS) is 12.9. The summed E-state index contributed by atoms with van der Waals surface area (Å²) in [6.07, 6.45) is 1.79. The molecule has 0 saturated carbocycles. The molecule has 0 amide bonds. The summed E-state index contributed by atoms with van der Waals surface area (Å²) < 4.78 is 3.88. The van der Waals surface area contributed by atoms with Crippen molar-refractivity contribution in [1.29, 1.82) is 0 Å². The predicted octanol–water partition coefficient (Wildman–Crippen LogP) is 4.04. The summed E-state index contributed by atoms with van der Waals surface area (Å²) >= 11 is 12.0. The van der Waals surface area contributed by atoms with E-state index in [9.17, 15) is 0 Å². The van der Waals surface area contributed by atoms with Crippen LogP contribution in [0.15, 0.2) is 28.9 Å². The van der Waals surface area contributed by atoms with Gasteiger partial charge in [0.25, 0.3) is 0 Å². The second-order valence-corrected chi connectivity index (χ2v) is 7.11. The summed E-state index contributed by atoms with van der Waals surface area (Å²) in [4.78, 5) is 0. The van der Waals surface area contributed by atoms with Crippen LogP contribution >= 0.6 is 50.1 Å². The van der Waals surface area contributed by atoms with Crippen molar-refractivity contribution in [3.63, 3.8) is 0 Å². The van der Waals surface area contributed by atoms with Crippen molar-refractivity contribution >= 4 is 50.1 Å². The number of hydrogen-bond acceptors (Lipinski definition) is 3. The minimum atomic E-state index is -0.177. The molecule has 2 aromatic rings. The summed E-state index contributed by atoms with van der Waals surface area (Å²) in [5.41, 5.74) is 4.84. The van der Waals surface area contributed by atoms with Crippen molar-refractivity contribution in [3.8, 4) is 0 Å². The summed E-state index contributed by atoms with van der Waals surface area (Å²) in [5, 5.41) is 5.11. The van der Waals surface area contributed by atoms with Gasteiger partial charge in [-0.25, -0.2) is 5.43 Å². The molecule has 4 nitrogen and oxygen atoms in total. The molecule has 1 atom stereocenters. The zero-order valence-corrected chi connectivity index (χ0v) is 15.6. The molecule has 7 heteroatoms. The average molecular weight is 470 g/mol. The van der Waals surface area contributed by atoms with Crippen LogP contribution in [0.1, 0.15) is 37.2 Å². The summed E-state index contributed by atoms with van der Waals surface area (Å²) in [7, 11) is 0. The van der Waals surface area contributed by atoms with Gasteiger partial charge in [-0.1, -0.05) is 17.7 Å². The molecule has 0 aliphatic rings. The van der Waals surface area contributed by atoms with Crippen LogP contribution in [0, 0.1) is 3.57 Å². The van der Waals surface area contributed by atoms with Crippen molar-refractivity contribution < 1.29 is 0 Å². The molecule has 0 radical (unpaired) electrons. The van der Waals surface area contributed by atoms with E-state index in [4.69, 9.17) is 17.4 Å². The van der Waals surface area contributed by atoms with Crippen LogP contribution in [0.25, 0.3) is 0 Å². The Balaban J connectivity index is 2.52. The number of rotatable bonds is 4. The fourth-order valence-electron chi connectivity index (χ4n) is 2.06. The molecular formula is C13H15BrClIN4. The number of benzene rings is 1. The molecule has 0 aliphatic carbocycles. The molecule has 0 bridgehead atoms. The molecule has 0 fully saturated rings. The van der Waals surface area contributed by atoms with E-state index in [-0.39, 0.29) is 12.1 Å². The molecule has 1 unspecified atom stereocenters. The van der Waals surface area contributed by atoms with E-state index in [1.165, 1.54) is 0 Å². The van der Waals surface area contributed by atoms with Crippen LogP contribution < -0.4 is 11.3 Å². The first-order chi connectivity index (χ1) is 9.45. The maximum Gasteiger partial charge on any atom is 0.0890 e. The van der Waals surface area contributed by atoms with Gasteiger partial charge in [-0.05, 0) is 70.1 Å². The van der Waals surface area contributed by atoms with Gasteiger partial charge >= 0.3 is 0 Å². The van der Waals surface area contributed by atoms with E-state index in [1.807, 2.05) is 22.9 Å². The van der Waals surface area contributed by atoms with Gasteiger partial charge in [0, 0.05) is 9.61 Å². The highest BCUT2D eigenvalue weighted by molar-refractivity contribution is 14.1. The summed E-state index contributed by atoms with van der Waals surface area (Å²) in [5.74, 6) is 5.77. The number of nitrogens with zero attached hydrogens (tertiary/aromatic N) is 2. The van der Waals surface area contributed by atoms with Crippen molar-refractivity contribution in [2.75, 3.05) is 0 Å². The SMILES string of the molecule is CC(C)n1ncc(Br)c1C(NN)c1ccc(I)c(Cl)c1. The van der Waals surface area contributed by atoms with Crippen LogP contribution in [0.5, 0.6) is 0 Å². The zero-order chi connectivity index (χ0) is 14.9. The first kappa shape index (κ1) is 16.2. The molecule has 1 aromatic carbocycles. The molecular weight excluding hydrogens is 454 g/mol. The maximum atomic E-state index is 6.21. The minimum absolute atomic E-state index is 0.177. The zero-order valence-electron chi connectivity index (χ0n) is 11.1. The number of halogens is 3. The number of hydrogen-bond donors (Lipinski definition) is 2. The van der Waals surface area contributed by atoms with Gasteiger partial charge in [0.05, 0.1) is 27.4 Å². The lowest BCUT2D eigenvalue weighted by atomic mass is 10.0. The van der Waals surface area contributed by atoms with Crippen molar-refractivity contribution in [2.24, 2.45) is 5.84 Å². The van der Waals surface area contributed by atoms with E-state index in [1.54, 1.807) is 6.20 Å². The topological polar surface area (TPSA) is 55.9 Å². The van der Waals surface area contributed by atoms with E-state index in [0.29, 0.717) is 0 Å². The number of hydrazine groups is 1. The third-order valence-electron chi connectivity index (χ3n) is 2.99. The monoisotopic (exact) mass is 468 g/mol. The first-order valence-electron chi connectivity index (χ1n) is 6.09. The fourth-order valence-corrected chi connectivity index (χ4v) is 3.08. The molecule has 1 heterocycles. The molecule has 0 spiro atoms. The largest absolute Gasteiger partial charge is 0.271 e. The van der Waals surface area contributed by atoms with Crippen LogP contribution in [0.3, 0.4) is 0 Å².